The minimum absolute atomic E-state index is 0.0751. The van der Waals surface area contributed by atoms with Crippen LogP contribution in [0.15, 0.2) is 35.1 Å². The van der Waals surface area contributed by atoms with E-state index in [-0.39, 0.29) is 17.6 Å². The van der Waals surface area contributed by atoms with E-state index in [1.54, 1.807) is 11.0 Å². The zero-order valence-electron chi connectivity index (χ0n) is 17.6. The third kappa shape index (κ3) is 3.79. The van der Waals surface area contributed by atoms with Gasteiger partial charge in [-0.2, -0.15) is 0 Å². The first-order valence-corrected chi connectivity index (χ1v) is 10.2. The normalized spacial score (nSPS) is 24.0. The van der Waals surface area contributed by atoms with E-state index in [0.717, 1.165) is 25.3 Å². The van der Waals surface area contributed by atoms with Gasteiger partial charge in [-0.1, -0.05) is 24.3 Å². The number of nitrogens with zero attached hydrogens (tertiary/aromatic N) is 4. The van der Waals surface area contributed by atoms with E-state index in [1.165, 1.54) is 11.1 Å². The molecule has 2 fully saturated rings. The Bertz CT molecular complexity index is 970. The highest BCUT2D eigenvalue weighted by molar-refractivity contribution is 5.75. The maximum atomic E-state index is 12.9. The standard InChI is InChI=1S/C22H29N5O2/c1-14-7-5-6-8-18(14)21-19-13-26(12-17-9-20(28)24-15(2)23-17)10-16(19)11-27(21)22(29)25(3)4/h5-9,16,19,21H,10-13H2,1-4H3,(H,23,24,28)/t16-,19-,21+/m1/s1. The number of rotatable bonds is 3. The SMILES string of the molecule is Cc1nc(CN2C[C@@H]3CN(C(=O)N(C)C)[C@@H](c4ccccc4C)[C@@H]3C2)cc(=O)[nH]1. The van der Waals surface area contributed by atoms with Crippen molar-refractivity contribution in [1.82, 2.24) is 24.7 Å². The second kappa shape index (κ2) is 7.63. The van der Waals surface area contributed by atoms with Crippen molar-refractivity contribution in [3.8, 4) is 0 Å². The lowest BCUT2D eigenvalue weighted by Crippen LogP contribution is -2.41. The van der Waals surface area contributed by atoms with E-state index in [4.69, 9.17) is 0 Å². The summed E-state index contributed by atoms with van der Waals surface area (Å²) in [4.78, 5) is 38.0. The number of aromatic amines is 1. The maximum Gasteiger partial charge on any atom is 0.320 e. The van der Waals surface area contributed by atoms with Gasteiger partial charge in [0.15, 0.2) is 0 Å². The van der Waals surface area contributed by atoms with Crippen LogP contribution in [0.4, 0.5) is 4.79 Å². The van der Waals surface area contributed by atoms with Crippen molar-refractivity contribution in [2.24, 2.45) is 11.8 Å². The first-order valence-electron chi connectivity index (χ1n) is 10.2. The second-order valence-corrected chi connectivity index (χ2v) is 8.57. The number of benzene rings is 1. The highest BCUT2D eigenvalue weighted by Crippen LogP contribution is 2.46. The zero-order chi connectivity index (χ0) is 20.7. The van der Waals surface area contributed by atoms with Crippen molar-refractivity contribution in [3.05, 3.63) is 63.3 Å². The third-order valence-corrected chi connectivity index (χ3v) is 6.17. The van der Waals surface area contributed by atoms with Crippen LogP contribution >= 0.6 is 0 Å². The van der Waals surface area contributed by atoms with Gasteiger partial charge in [-0.05, 0) is 30.9 Å². The largest absolute Gasteiger partial charge is 0.331 e. The second-order valence-electron chi connectivity index (χ2n) is 8.57. The average molecular weight is 396 g/mol. The first kappa shape index (κ1) is 19.6. The summed E-state index contributed by atoms with van der Waals surface area (Å²) in [5.41, 5.74) is 3.16. The molecule has 7 nitrogen and oxygen atoms in total. The van der Waals surface area contributed by atoms with Gasteiger partial charge in [-0.25, -0.2) is 9.78 Å². The average Bonchev–Trinajstić information content (AvgIpc) is 3.17. The number of urea groups is 1. The molecule has 7 heteroatoms. The molecule has 2 aliphatic heterocycles. The van der Waals surface area contributed by atoms with Crippen LogP contribution in [0, 0.1) is 25.7 Å². The summed E-state index contributed by atoms with van der Waals surface area (Å²) in [7, 11) is 3.64. The number of carbonyl (C=O) groups is 1. The van der Waals surface area contributed by atoms with Crippen molar-refractivity contribution < 1.29 is 4.79 Å². The van der Waals surface area contributed by atoms with Crippen LogP contribution in [0.5, 0.6) is 0 Å². The van der Waals surface area contributed by atoms with Crippen molar-refractivity contribution in [1.29, 1.82) is 0 Å². The monoisotopic (exact) mass is 395 g/mol. The molecule has 2 aliphatic rings. The number of hydrogen-bond acceptors (Lipinski definition) is 4. The van der Waals surface area contributed by atoms with Crippen molar-refractivity contribution in [3.63, 3.8) is 0 Å². The molecule has 0 spiro atoms. The Kier molecular flexibility index (Phi) is 5.17. The number of aromatic nitrogens is 2. The van der Waals surface area contributed by atoms with E-state index >= 15 is 0 Å². The van der Waals surface area contributed by atoms with Crippen LogP contribution in [0.2, 0.25) is 0 Å². The van der Waals surface area contributed by atoms with E-state index in [2.05, 4.69) is 40.0 Å². The van der Waals surface area contributed by atoms with Crippen LogP contribution in [-0.2, 0) is 6.54 Å². The maximum absolute atomic E-state index is 12.9. The summed E-state index contributed by atoms with van der Waals surface area (Å²) >= 11 is 0. The van der Waals surface area contributed by atoms with E-state index in [0.29, 0.717) is 24.2 Å². The summed E-state index contributed by atoms with van der Waals surface area (Å²) in [5, 5.41) is 0. The van der Waals surface area contributed by atoms with Crippen molar-refractivity contribution in [2.45, 2.75) is 26.4 Å². The molecule has 2 saturated heterocycles. The molecule has 29 heavy (non-hydrogen) atoms. The van der Waals surface area contributed by atoms with Crippen LogP contribution < -0.4 is 5.56 Å². The fourth-order valence-electron chi connectivity index (χ4n) is 4.99. The smallest absolute Gasteiger partial charge is 0.320 e. The molecule has 1 aromatic carbocycles. The summed E-state index contributed by atoms with van der Waals surface area (Å²) in [6.07, 6.45) is 0. The van der Waals surface area contributed by atoms with Gasteiger partial charge in [0, 0.05) is 52.3 Å². The number of H-pyrrole nitrogens is 1. The molecule has 3 heterocycles. The molecule has 0 aliphatic carbocycles. The number of hydrogen-bond donors (Lipinski definition) is 1. The highest BCUT2D eigenvalue weighted by Gasteiger charge is 2.49. The first-order chi connectivity index (χ1) is 13.8. The van der Waals surface area contributed by atoms with Gasteiger partial charge in [0.25, 0.3) is 5.56 Å². The fraction of sp³-hybridized carbons (Fsp3) is 0.500. The predicted octanol–water partition coefficient (Wildman–Crippen LogP) is 2.17. The molecule has 0 radical (unpaired) electrons. The minimum atomic E-state index is -0.104. The molecular formula is C22H29N5O2. The molecule has 0 saturated carbocycles. The lowest BCUT2D eigenvalue weighted by molar-refractivity contribution is 0.151. The Hall–Kier alpha value is -2.67. The number of nitrogens with one attached hydrogen (secondary N) is 1. The van der Waals surface area contributed by atoms with E-state index in [9.17, 15) is 9.59 Å². The number of fused-ring (bicyclic) bond motifs is 1. The quantitative estimate of drug-likeness (QED) is 0.865. The van der Waals surface area contributed by atoms with Crippen LogP contribution in [-0.4, -0.2) is 64.4 Å². The van der Waals surface area contributed by atoms with E-state index < -0.39 is 0 Å². The molecule has 0 bridgehead atoms. The fourth-order valence-corrected chi connectivity index (χ4v) is 4.99. The van der Waals surface area contributed by atoms with Gasteiger partial charge in [0.05, 0.1) is 11.7 Å². The molecule has 1 aromatic heterocycles. The van der Waals surface area contributed by atoms with Gasteiger partial charge in [0.2, 0.25) is 0 Å². The van der Waals surface area contributed by atoms with Gasteiger partial charge in [-0.3, -0.25) is 9.69 Å². The molecule has 4 rings (SSSR count). The molecule has 2 amide bonds. The molecular weight excluding hydrogens is 366 g/mol. The number of aryl methyl sites for hydroxylation is 2. The Morgan fingerprint density at radius 3 is 2.66 bits per heavy atom. The lowest BCUT2D eigenvalue weighted by Gasteiger charge is -2.32. The number of amides is 2. The number of carbonyl (C=O) groups excluding carboxylic acids is 1. The number of likely N-dealkylation sites (tertiary alicyclic amines) is 2. The minimum Gasteiger partial charge on any atom is -0.331 e. The lowest BCUT2D eigenvalue weighted by atomic mass is 9.88. The zero-order valence-corrected chi connectivity index (χ0v) is 17.6. The molecule has 3 atom stereocenters. The molecule has 1 N–H and O–H groups in total. The Morgan fingerprint density at radius 2 is 1.97 bits per heavy atom. The molecule has 0 unspecified atom stereocenters. The summed E-state index contributed by atoms with van der Waals surface area (Å²) in [6, 6.07) is 10.1. The van der Waals surface area contributed by atoms with E-state index in [1.807, 2.05) is 32.0 Å². The molecule has 2 aromatic rings. The summed E-state index contributed by atoms with van der Waals surface area (Å²) in [5.74, 6) is 1.45. The summed E-state index contributed by atoms with van der Waals surface area (Å²) in [6.45, 7) is 7.17. The predicted molar refractivity (Wildman–Crippen MR) is 112 cm³/mol. The third-order valence-electron chi connectivity index (χ3n) is 6.17. The summed E-state index contributed by atoms with van der Waals surface area (Å²) < 4.78 is 0. The van der Waals surface area contributed by atoms with Gasteiger partial charge in [0.1, 0.15) is 5.82 Å². The topological polar surface area (TPSA) is 72.5 Å². The van der Waals surface area contributed by atoms with Crippen LogP contribution in [0.25, 0.3) is 0 Å². The van der Waals surface area contributed by atoms with Crippen molar-refractivity contribution in [2.75, 3.05) is 33.7 Å². The Labute approximate surface area is 171 Å². The van der Waals surface area contributed by atoms with Crippen molar-refractivity contribution >= 4 is 6.03 Å². The van der Waals surface area contributed by atoms with Crippen LogP contribution in [0.1, 0.15) is 28.7 Å². The van der Waals surface area contributed by atoms with Gasteiger partial charge < -0.3 is 14.8 Å². The highest BCUT2D eigenvalue weighted by atomic mass is 16.2. The van der Waals surface area contributed by atoms with Gasteiger partial charge in [-0.15, -0.1) is 0 Å². The van der Waals surface area contributed by atoms with Gasteiger partial charge >= 0.3 is 6.03 Å². The Morgan fingerprint density at radius 1 is 1.21 bits per heavy atom. The molecule has 154 valence electrons. The Balaban J connectivity index is 1.59. The van der Waals surface area contributed by atoms with Crippen LogP contribution in [0.3, 0.4) is 0 Å².